The van der Waals surface area contributed by atoms with Crippen molar-refractivity contribution in [2.24, 2.45) is 0 Å². The first-order valence-electron chi connectivity index (χ1n) is 8.66. The summed E-state index contributed by atoms with van der Waals surface area (Å²) in [5, 5.41) is 7.75. The summed E-state index contributed by atoms with van der Waals surface area (Å²) < 4.78 is 7.14. The van der Waals surface area contributed by atoms with Crippen LogP contribution in [0, 0.1) is 6.92 Å². The van der Waals surface area contributed by atoms with E-state index in [2.05, 4.69) is 17.3 Å². The fraction of sp³-hybridized carbons (Fsp3) is 0.474. The molecule has 0 fully saturated rings. The van der Waals surface area contributed by atoms with Crippen LogP contribution in [0.2, 0.25) is 0 Å². The molecule has 1 amide bonds. The fourth-order valence-electron chi connectivity index (χ4n) is 2.73. The first-order valence-corrected chi connectivity index (χ1v) is 8.66. The van der Waals surface area contributed by atoms with Gasteiger partial charge >= 0.3 is 0 Å². The van der Waals surface area contributed by atoms with Crippen molar-refractivity contribution >= 4 is 11.6 Å². The highest BCUT2D eigenvalue weighted by molar-refractivity contribution is 5.84. The second-order valence-corrected chi connectivity index (χ2v) is 6.13. The van der Waals surface area contributed by atoms with E-state index in [4.69, 9.17) is 4.74 Å². The summed E-state index contributed by atoms with van der Waals surface area (Å²) in [6.45, 7) is 7.42. The molecule has 0 aliphatic rings. The average molecular weight is 344 g/mol. The zero-order valence-corrected chi connectivity index (χ0v) is 15.7. The standard InChI is InChI=1S/C19H28N4O2/c1-6-18(20-16-9-8-10-17(11-16)25-5)19(24)22(4)12-15-13-23(7-2)21-14(15)3/h8-11,13,18,20H,6-7,12H2,1-5H3. The summed E-state index contributed by atoms with van der Waals surface area (Å²) >= 11 is 0. The minimum absolute atomic E-state index is 0.0639. The number of carbonyl (C=O) groups excluding carboxylic acids is 1. The number of nitrogens with zero attached hydrogens (tertiary/aromatic N) is 3. The number of amides is 1. The van der Waals surface area contributed by atoms with Gasteiger partial charge in [0.25, 0.3) is 0 Å². The lowest BCUT2D eigenvalue weighted by molar-refractivity contribution is -0.131. The lowest BCUT2D eigenvalue weighted by Gasteiger charge is -2.24. The summed E-state index contributed by atoms with van der Waals surface area (Å²) in [7, 11) is 3.47. The van der Waals surface area contributed by atoms with Gasteiger partial charge in [0, 0.05) is 43.7 Å². The number of benzene rings is 1. The third-order valence-electron chi connectivity index (χ3n) is 4.27. The molecule has 1 N–H and O–H groups in total. The van der Waals surface area contributed by atoms with Crippen LogP contribution in [0.1, 0.15) is 31.5 Å². The van der Waals surface area contributed by atoms with Crippen molar-refractivity contribution < 1.29 is 9.53 Å². The van der Waals surface area contributed by atoms with E-state index in [9.17, 15) is 4.79 Å². The molecule has 1 heterocycles. The molecule has 0 radical (unpaired) electrons. The number of likely N-dealkylation sites (N-methyl/N-ethyl adjacent to an activating group) is 1. The van der Waals surface area contributed by atoms with Crippen LogP contribution in [0.4, 0.5) is 5.69 Å². The van der Waals surface area contributed by atoms with Gasteiger partial charge in [0.05, 0.1) is 12.8 Å². The number of nitrogens with one attached hydrogen (secondary N) is 1. The third-order valence-corrected chi connectivity index (χ3v) is 4.27. The molecule has 0 aliphatic carbocycles. The predicted octanol–water partition coefficient (Wildman–Crippen LogP) is 3.07. The monoisotopic (exact) mass is 344 g/mol. The fourth-order valence-corrected chi connectivity index (χ4v) is 2.73. The quantitative estimate of drug-likeness (QED) is 0.799. The number of carbonyl (C=O) groups is 1. The first-order chi connectivity index (χ1) is 12.0. The molecule has 1 aromatic heterocycles. The van der Waals surface area contributed by atoms with Crippen LogP contribution >= 0.6 is 0 Å². The average Bonchev–Trinajstić information content (AvgIpc) is 2.99. The molecule has 6 heteroatoms. The molecule has 2 rings (SSSR count). The Bertz CT molecular complexity index is 711. The predicted molar refractivity (Wildman–Crippen MR) is 99.8 cm³/mol. The Labute approximate surface area is 149 Å². The normalized spacial score (nSPS) is 11.9. The molecule has 136 valence electrons. The van der Waals surface area contributed by atoms with Gasteiger partial charge in [-0.3, -0.25) is 9.48 Å². The molecule has 0 bridgehead atoms. The minimum Gasteiger partial charge on any atom is -0.497 e. The number of hydrogen-bond donors (Lipinski definition) is 1. The van der Waals surface area contributed by atoms with Gasteiger partial charge < -0.3 is 15.0 Å². The summed E-state index contributed by atoms with van der Waals surface area (Å²) in [4.78, 5) is 14.6. The zero-order valence-electron chi connectivity index (χ0n) is 15.7. The summed E-state index contributed by atoms with van der Waals surface area (Å²) in [5.74, 6) is 0.831. The van der Waals surface area contributed by atoms with E-state index in [1.165, 1.54) is 0 Å². The van der Waals surface area contributed by atoms with Crippen LogP contribution < -0.4 is 10.1 Å². The summed E-state index contributed by atoms with van der Waals surface area (Å²) in [6, 6.07) is 7.34. The maximum Gasteiger partial charge on any atom is 0.245 e. The van der Waals surface area contributed by atoms with E-state index in [-0.39, 0.29) is 11.9 Å². The van der Waals surface area contributed by atoms with Gasteiger partial charge in [-0.25, -0.2) is 0 Å². The van der Waals surface area contributed by atoms with Gasteiger partial charge in [-0.15, -0.1) is 0 Å². The topological polar surface area (TPSA) is 59.4 Å². The van der Waals surface area contributed by atoms with Gasteiger partial charge in [-0.2, -0.15) is 5.10 Å². The summed E-state index contributed by atoms with van der Waals surface area (Å²) in [5.41, 5.74) is 2.92. The largest absolute Gasteiger partial charge is 0.497 e. The molecule has 25 heavy (non-hydrogen) atoms. The van der Waals surface area contributed by atoms with Gasteiger partial charge in [-0.1, -0.05) is 13.0 Å². The number of anilines is 1. The van der Waals surface area contributed by atoms with Crippen LogP contribution in [-0.4, -0.2) is 40.8 Å². The van der Waals surface area contributed by atoms with Gasteiger partial charge in [0.15, 0.2) is 0 Å². The Morgan fingerprint density at radius 3 is 2.76 bits per heavy atom. The molecule has 0 saturated heterocycles. The SMILES string of the molecule is CCC(Nc1cccc(OC)c1)C(=O)N(C)Cc1cn(CC)nc1C. The van der Waals surface area contributed by atoms with Gasteiger partial charge in [-0.05, 0) is 32.4 Å². The lowest BCUT2D eigenvalue weighted by Crippen LogP contribution is -2.40. The Morgan fingerprint density at radius 2 is 2.16 bits per heavy atom. The van der Waals surface area contributed by atoms with Crippen molar-refractivity contribution in [3.63, 3.8) is 0 Å². The number of aryl methyl sites for hydroxylation is 2. The summed E-state index contributed by atoms with van der Waals surface area (Å²) in [6.07, 6.45) is 2.71. The molecule has 1 unspecified atom stereocenters. The first kappa shape index (κ1) is 18.8. The van der Waals surface area contributed by atoms with Crippen molar-refractivity contribution in [1.29, 1.82) is 0 Å². The Hall–Kier alpha value is -2.50. The zero-order chi connectivity index (χ0) is 18.4. The molecule has 1 aromatic carbocycles. The molecule has 1 atom stereocenters. The number of rotatable bonds is 8. The molecule has 0 aliphatic heterocycles. The molecule has 0 spiro atoms. The molecule has 2 aromatic rings. The highest BCUT2D eigenvalue weighted by Gasteiger charge is 2.21. The minimum atomic E-state index is -0.279. The van der Waals surface area contributed by atoms with Crippen molar-refractivity contribution in [2.75, 3.05) is 19.5 Å². The third kappa shape index (κ3) is 4.75. The van der Waals surface area contributed by atoms with E-state index < -0.39 is 0 Å². The van der Waals surface area contributed by atoms with E-state index in [0.29, 0.717) is 13.0 Å². The Morgan fingerprint density at radius 1 is 1.40 bits per heavy atom. The highest BCUT2D eigenvalue weighted by Crippen LogP contribution is 2.19. The van der Waals surface area contributed by atoms with Gasteiger partial charge in [0.1, 0.15) is 11.8 Å². The second-order valence-electron chi connectivity index (χ2n) is 6.13. The van der Waals surface area contributed by atoms with Crippen molar-refractivity contribution in [3.8, 4) is 5.75 Å². The maximum absolute atomic E-state index is 12.8. The Balaban J connectivity index is 2.05. The molecule has 0 saturated carbocycles. The molecule has 6 nitrogen and oxygen atoms in total. The van der Waals surface area contributed by atoms with Crippen molar-refractivity contribution in [2.45, 2.75) is 46.3 Å². The Kier molecular flexibility index (Phi) is 6.44. The van der Waals surface area contributed by atoms with Crippen LogP contribution in [-0.2, 0) is 17.9 Å². The van der Waals surface area contributed by atoms with Crippen LogP contribution in [0.25, 0.3) is 0 Å². The molecular weight excluding hydrogens is 316 g/mol. The van der Waals surface area contributed by atoms with E-state index in [0.717, 1.165) is 29.2 Å². The van der Waals surface area contributed by atoms with Gasteiger partial charge in [0.2, 0.25) is 5.91 Å². The van der Waals surface area contributed by atoms with E-state index >= 15 is 0 Å². The van der Waals surface area contributed by atoms with Crippen molar-refractivity contribution in [1.82, 2.24) is 14.7 Å². The van der Waals surface area contributed by atoms with Crippen LogP contribution in [0.5, 0.6) is 5.75 Å². The smallest absolute Gasteiger partial charge is 0.245 e. The van der Waals surface area contributed by atoms with E-state index in [1.54, 1.807) is 12.0 Å². The highest BCUT2D eigenvalue weighted by atomic mass is 16.5. The molecular formula is C19H28N4O2. The lowest BCUT2D eigenvalue weighted by atomic mass is 10.1. The number of hydrogen-bond acceptors (Lipinski definition) is 4. The van der Waals surface area contributed by atoms with Crippen LogP contribution in [0.3, 0.4) is 0 Å². The van der Waals surface area contributed by atoms with Crippen molar-refractivity contribution in [3.05, 3.63) is 41.7 Å². The number of methoxy groups -OCH3 is 1. The number of aromatic nitrogens is 2. The maximum atomic E-state index is 12.8. The van der Waals surface area contributed by atoms with E-state index in [1.807, 2.05) is 56.0 Å². The van der Waals surface area contributed by atoms with Crippen LogP contribution in [0.15, 0.2) is 30.5 Å². The number of ether oxygens (including phenoxy) is 1. The second kappa shape index (κ2) is 8.55.